The Morgan fingerprint density at radius 2 is 2.05 bits per heavy atom. The van der Waals surface area contributed by atoms with Gasteiger partial charge in [0.2, 0.25) is 0 Å². The highest BCUT2D eigenvalue weighted by molar-refractivity contribution is 7.99. The number of fused-ring (bicyclic) bond motifs is 1. The highest BCUT2D eigenvalue weighted by Crippen LogP contribution is 2.33. The van der Waals surface area contributed by atoms with Crippen LogP contribution in [0.1, 0.15) is 23.1 Å². The number of nitriles is 1. The lowest BCUT2D eigenvalue weighted by Crippen LogP contribution is -1.93. The van der Waals surface area contributed by atoms with Crippen LogP contribution in [0.3, 0.4) is 0 Å². The van der Waals surface area contributed by atoms with Crippen LogP contribution < -0.4 is 5.73 Å². The van der Waals surface area contributed by atoms with Gasteiger partial charge in [-0.25, -0.2) is 4.98 Å². The Kier molecular flexibility index (Phi) is 3.14. The van der Waals surface area contributed by atoms with E-state index in [0.29, 0.717) is 11.3 Å². The zero-order chi connectivity index (χ0) is 13.2. The number of pyridine rings is 1. The van der Waals surface area contributed by atoms with Gasteiger partial charge < -0.3 is 5.73 Å². The summed E-state index contributed by atoms with van der Waals surface area (Å²) in [5.74, 6) is 0. The first kappa shape index (κ1) is 12.1. The highest BCUT2D eigenvalue weighted by Gasteiger charge is 2.12. The first-order valence-corrected chi connectivity index (χ1v) is 7.03. The van der Waals surface area contributed by atoms with E-state index in [4.69, 9.17) is 11.0 Å². The minimum absolute atomic E-state index is 0.496. The number of nitrogens with two attached hydrogens (primary N) is 1. The predicted octanol–water partition coefficient (Wildman–Crippen LogP) is 3.18. The molecule has 0 saturated heterocycles. The molecule has 0 radical (unpaired) electrons. The second kappa shape index (κ2) is 4.94. The molecular weight excluding hydrogens is 254 g/mol. The van der Waals surface area contributed by atoms with E-state index in [1.807, 2.05) is 6.07 Å². The number of hydrogen-bond acceptors (Lipinski definition) is 4. The molecule has 1 aliphatic rings. The van der Waals surface area contributed by atoms with Gasteiger partial charge in [0.25, 0.3) is 0 Å². The summed E-state index contributed by atoms with van der Waals surface area (Å²) in [4.78, 5) is 5.41. The average molecular weight is 267 g/mol. The quantitative estimate of drug-likeness (QED) is 0.907. The Morgan fingerprint density at radius 1 is 1.21 bits per heavy atom. The lowest BCUT2D eigenvalue weighted by Gasteiger charge is -2.06. The smallest absolute Gasteiger partial charge is 0.124 e. The van der Waals surface area contributed by atoms with Crippen molar-refractivity contribution >= 4 is 17.4 Å². The number of aromatic nitrogens is 1. The number of nitrogen functional groups attached to an aromatic ring is 1. The maximum atomic E-state index is 8.80. The molecule has 0 saturated carbocycles. The normalized spacial score (nSPS) is 13.0. The van der Waals surface area contributed by atoms with Gasteiger partial charge in [-0.15, -0.1) is 0 Å². The van der Waals surface area contributed by atoms with E-state index in [1.54, 1.807) is 24.0 Å². The standard InChI is InChI=1S/C15H13N3S/c16-8-10-6-14(17)15(18-9-10)19-13-5-4-11-2-1-3-12(11)7-13/h4-7,9H,1-3,17H2. The summed E-state index contributed by atoms with van der Waals surface area (Å²) in [6, 6.07) is 10.3. The summed E-state index contributed by atoms with van der Waals surface area (Å²) < 4.78 is 0. The van der Waals surface area contributed by atoms with Crippen LogP contribution >= 0.6 is 11.8 Å². The van der Waals surface area contributed by atoms with Crippen LogP contribution in [0, 0.1) is 11.3 Å². The molecular formula is C15H13N3S. The number of benzene rings is 1. The van der Waals surface area contributed by atoms with Gasteiger partial charge in [-0.3, -0.25) is 0 Å². The van der Waals surface area contributed by atoms with Crippen molar-refractivity contribution in [1.29, 1.82) is 5.26 Å². The van der Waals surface area contributed by atoms with Crippen molar-refractivity contribution in [2.24, 2.45) is 0 Å². The Bertz CT molecular complexity index is 674. The molecule has 0 bridgehead atoms. The van der Waals surface area contributed by atoms with E-state index in [9.17, 15) is 0 Å². The molecule has 4 heteroatoms. The van der Waals surface area contributed by atoms with Crippen molar-refractivity contribution < 1.29 is 0 Å². The van der Waals surface area contributed by atoms with Crippen LogP contribution in [0.15, 0.2) is 40.4 Å². The Morgan fingerprint density at radius 3 is 2.84 bits per heavy atom. The van der Waals surface area contributed by atoms with E-state index in [2.05, 4.69) is 23.2 Å². The number of rotatable bonds is 2. The number of hydrogen-bond donors (Lipinski definition) is 1. The first-order valence-electron chi connectivity index (χ1n) is 6.21. The van der Waals surface area contributed by atoms with Crippen molar-refractivity contribution in [3.63, 3.8) is 0 Å². The third kappa shape index (κ3) is 2.42. The topological polar surface area (TPSA) is 62.7 Å². The molecule has 1 aromatic heterocycles. The van der Waals surface area contributed by atoms with Crippen molar-refractivity contribution in [3.8, 4) is 6.07 Å². The molecule has 3 nitrogen and oxygen atoms in total. The summed E-state index contributed by atoms with van der Waals surface area (Å²) in [6.07, 6.45) is 5.17. The SMILES string of the molecule is N#Cc1cnc(Sc2ccc3c(c2)CCC3)c(N)c1. The fraction of sp³-hybridized carbons (Fsp3) is 0.200. The second-order valence-corrected chi connectivity index (χ2v) is 5.68. The summed E-state index contributed by atoms with van der Waals surface area (Å²) in [5, 5.41) is 9.56. The largest absolute Gasteiger partial charge is 0.396 e. The monoisotopic (exact) mass is 267 g/mol. The summed E-state index contributed by atoms with van der Waals surface area (Å²) in [7, 11) is 0. The van der Waals surface area contributed by atoms with Crippen molar-refractivity contribution in [2.45, 2.75) is 29.2 Å². The molecule has 0 atom stereocenters. The van der Waals surface area contributed by atoms with Crippen LogP contribution in [0.4, 0.5) is 5.69 Å². The first-order chi connectivity index (χ1) is 9.26. The van der Waals surface area contributed by atoms with Crippen molar-refractivity contribution in [3.05, 3.63) is 47.2 Å². The van der Waals surface area contributed by atoms with Gasteiger partial charge in [-0.2, -0.15) is 5.26 Å². The minimum atomic E-state index is 0.496. The van der Waals surface area contributed by atoms with Gasteiger partial charge in [0.15, 0.2) is 0 Å². The zero-order valence-corrected chi connectivity index (χ0v) is 11.2. The molecule has 1 aromatic carbocycles. The lowest BCUT2D eigenvalue weighted by atomic mass is 10.1. The number of aryl methyl sites for hydroxylation is 2. The molecule has 0 spiro atoms. The van der Waals surface area contributed by atoms with Gasteiger partial charge in [0.05, 0.1) is 11.3 Å². The Hall–Kier alpha value is -1.99. The highest BCUT2D eigenvalue weighted by atomic mass is 32.2. The van der Waals surface area contributed by atoms with Gasteiger partial charge in [-0.05, 0) is 48.6 Å². The summed E-state index contributed by atoms with van der Waals surface area (Å²) >= 11 is 1.55. The van der Waals surface area contributed by atoms with Crippen LogP contribution in [0.25, 0.3) is 0 Å². The second-order valence-electron chi connectivity index (χ2n) is 4.62. The van der Waals surface area contributed by atoms with Gasteiger partial charge >= 0.3 is 0 Å². The Labute approximate surface area is 116 Å². The molecule has 1 heterocycles. The molecule has 2 N–H and O–H groups in total. The van der Waals surface area contributed by atoms with E-state index in [1.165, 1.54) is 30.4 Å². The van der Waals surface area contributed by atoms with E-state index in [-0.39, 0.29) is 0 Å². The third-order valence-corrected chi connectivity index (χ3v) is 4.32. The average Bonchev–Trinajstić information content (AvgIpc) is 2.88. The fourth-order valence-electron chi connectivity index (χ4n) is 2.34. The molecule has 94 valence electrons. The van der Waals surface area contributed by atoms with Gasteiger partial charge in [0, 0.05) is 11.1 Å². The van der Waals surface area contributed by atoms with Crippen LogP contribution in [-0.4, -0.2) is 4.98 Å². The maximum absolute atomic E-state index is 8.80. The zero-order valence-electron chi connectivity index (χ0n) is 10.4. The predicted molar refractivity (Wildman–Crippen MR) is 76.0 cm³/mol. The van der Waals surface area contributed by atoms with Crippen LogP contribution in [0.2, 0.25) is 0 Å². The van der Waals surface area contributed by atoms with E-state index >= 15 is 0 Å². The summed E-state index contributed by atoms with van der Waals surface area (Å²) in [5.41, 5.74) is 9.88. The minimum Gasteiger partial charge on any atom is -0.396 e. The number of nitrogens with zero attached hydrogens (tertiary/aromatic N) is 2. The molecule has 1 aliphatic carbocycles. The molecule has 0 fully saturated rings. The summed E-state index contributed by atoms with van der Waals surface area (Å²) in [6.45, 7) is 0. The molecule has 3 rings (SSSR count). The fourth-order valence-corrected chi connectivity index (χ4v) is 3.18. The molecule has 0 aliphatic heterocycles. The maximum Gasteiger partial charge on any atom is 0.124 e. The van der Waals surface area contributed by atoms with Crippen LogP contribution in [0.5, 0.6) is 0 Å². The Balaban J connectivity index is 1.87. The van der Waals surface area contributed by atoms with Crippen LogP contribution in [-0.2, 0) is 12.8 Å². The molecule has 19 heavy (non-hydrogen) atoms. The van der Waals surface area contributed by atoms with E-state index < -0.39 is 0 Å². The van der Waals surface area contributed by atoms with Gasteiger partial charge in [-0.1, -0.05) is 17.8 Å². The van der Waals surface area contributed by atoms with Crippen molar-refractivity contribution in [2.75, 3.05) is 5.73 Å². The molecule has 0 unspecified atom stereocenters. The molecule has 0 amide bonds. The number of anilines is 1. The van der Waals surface area contributed by atoms with Crippen molar-refractivity contribution in [1.82, 2.24) is 4.98 Å². The lowest BCUT2D eigenvalue weighted by molar-refractivity contribution is 0.911. The third-order valence-electron chi connectivity index (χ3n) is 3.29. The van der Waals surface area contributed by atoms with E-state index in [0.717, 1.165) is 9.92 Å². The molecule has 2 aromatic rings. The van der Waals surface area contributed by atoms with Gasteiger partial charge in [0.1, 0.15) is 11.1 Å².